The summed E-state index contributed by atoms with van der Waals surface area (Å²) in [5.74, 6) is -0.508. The summed E-state index contributed by atoms with van der Waals surface area (Å²) in [6, 6.07) is 4.84. The van der Waals surface area contributed by atoms with E-state index in [0.29, 0.717) is 12.2 Å². The van der Waals surface area contributed by atoms with Crippen LogP contribution in [0.25, 0.3) is 11.1 Å². The molecule has 3 rings (SSSR count). The molecular weight excluding hydrogens is 271 g/mol. The Balaban J connectivity index is 1.98. The number of nitrogens with two attached hydrogens (primary N) is 1. The van der Waals surface area contributed by atoms with Crippen LogP contribution in [0.4, 0.5) is 10.1 Å². The minimum atomic E-state index is -0.508. The highest BCUT2D eigenvalue weighted by Gasteiger charge is 2.19. The fourth-order valence-corrected chi connectivity index (χ4v) is 2.61. The predicted molar refractivity (Wildman–Crippen MR) is 75.8 cm³/mol. The number of rotatable bonds is 2. The van der Waals surface area contributed by atoms with Gasteiger partial charge >= 0.3 is 0 Å². The van der Waals surface area contributed by atoms with Crippen molar-refractivity contribution >= 4 is 5.69 Å². The number of hydrogen-bond acceptors (Lipinski definition) is 4. The van der Waals surface area contributed by atoms with Gasteiger partial charge in [-0.25, -0.2) is 4.39 Å². The Bertz CT molecular complexity index is 698. The van der Waals surface area contributed by atoms with Crippen LogP contribution in [-0.4, -0.2) is 23.0 Å². The highest BCUT2D eigenvalue weighted by molar-refractivity contribution is 5.72. The first-order chi connectivity index (χ1) is 10.2. The van der Waals surface area contributed by atoms with E-state index in [1.807, 2.05) is 6.07 Å². The van der Waals surface area contributed by atoms with Crippen molar-refractivity contribution in [1.82, 2.24) is 9.78 Å². The first kappa shape index (κ1) is 13.6. The second kappa shape index (κ2) is 5.54. The monoisotopic (exact) mass is 286 g/mol. The first-order valence-corrected chi connectivity index (χ1v) is 6.80. The lowest BCUT2D eigenvalue weighted by molar-refractivity contribution is 0.0549. The number of benzene rings is 1. The average Bonchev–Trinajstić information content (AvgIpc) is 2.96. The number of anilines is 1. The zero-order valence-corrected chi connectivity index (χ0v) is 11.4. The zero-order valence-electron chi connectivity index (χ0n) is 11.4. The van der Waals surface area contributed by atoms with Gasteiger partial charge in [0.15, 0.2) is 0 Å². The molecule has 0 saturated carbocycles. The SMILES string of the molecule is N#Cc1cc(N)cc(F)c1-c1cnn(C2CCCOC2)c1. The van der Waals surface area contributed by atoms with Gasteiger partial charge in [0, 0.05) is 29.6 Å². The molecule has 0 amide bonds. The Morgan fingerprint density at radius 3 is 3.05 bits per heavy atom. The second-order valence-corrected chi connectivity index (χ2v) is 5.12. The summed E-state index contributed by atoms with van der Waals surface area (Å²) in [4.78, 5) is 0. The van der Waals surface area contributed by atoms with Crippen molar-refractivity contribution in [3.63, 3.8) is 0 Å². The Kier molecular flexibility index (Phi) is 3.59. The molecule has 2 N–H and O–H groups in total. The summed E-state index contributed by atoms with van der Waals surface area (Å²) in [6.07, 6.45) is 5.30. The van der Waals surface area contributed by atoms with Crippen LogP contribution < -0.4 is 5.73 Å². The summed E-state index contributed by atoms with van der Waals surface area (Å²) >= 11 is 0. The Hall–Kier alpha value is -2.39. The molecular formula is C15H15FN4O. The molecule has 0 radical (unpaired) electrons. The van der Waals surface area contributed by atoms with Crippen molar-refractivity contribution < 1.29 is 9.13 Å². The van der Waals surface area contributed by atoms with E-state index in [1.54, 1.807) is 17.1 Å². The number of nitrogens with zero attached hydrogens (tertiary/aromatic N) is 3. The van der Waals surface area contributed by atoms with Crippen molar-refractivity contribution in [3.05, 3.63) is 35.9 Å². The van der Waals surface area contributed by atoms with E-state index >= 15 is 0 Å². The van der Waals surface area contributed by atoms with Gasteiger partial charge in [-0.3, -0.25) is 4.68 Å². The molecule has 1 aromatic carbocycles. The maximum absolute atomic E-state index is 14.1. The fraction of sp³-hybridized carbons (Fsp3) is 0.333. The van der Waals surface area contributed by atoms with Gasteiger partial charge in [0.25, 0.3) is 0 Å². The summed E-state index contributed by atoms with van der Waals surface area (Å²) in [6.45, 7) is 1.38. The standard InChI is InChI=1S/C15H15FN4O/c16-14-5-12(18)4-10(6-17)15(14)11-7-19-20(8-11)13-2-1-3-21-9-13/h4-5,7-8,13H,1-3,9,18H2. The molecule has 1 aliphatic rings. The first-order valence-electron chi connectivity index (χ1n) is 6.80. The molecule has 2 aromatic rings. The number of nitrogen functional groups attached to an aromatic ring is 1. The van der Waals surface area contributed by atoms with Crippen LogP contribution >= 0.6 is 0 Å². The maximum atomic E-state index is 14.1. The van der Waals surface area contributed by atoms with Gasteiger partial charge in [-0.2, -0.15) is 10.4 Å². The van der Waals surface area contributed by atoms with Gasteiger partial charge in [0.2, 0.25) is 0 Å². The van der Waals surface area contributed by atoms with Gasteiger partial charge in [0.05, 0.1) is 30.5 Å². The quantitative estimate of drug-likeness (QED) is 0.860. The third-order valence-corrected chi connectivity index (χ3v) is 3.63. The van der Waals surface area contributed by atoms with Crippen LogP contribution in [-0.2, 0) is 4.74 Å². The molecule has 0 bridgehead atoms. The largest absolute Gasteiger partial charge is 0.399 e. The van der Waals surface area contributed by atoms with Crippen LogP contribution in [0.1, 0.15) is 24.4 Å². The highest BCUT2D eigenvalue weighted by atomic mass is 19.1. The van der Waals surface area contributed by atoms with E-state index in [-0.39, 0.29) is 22.9 Å². The number of halogens is 1. The molecule has 1 aromatic heterocycles. The van der Waals surface area contributed by atoms with Gasteiger partial charge in [-0.05, 0) is 25.0 Å². The summed E-state index contributed by atoms with van der Waals surface area (Å²) in [5.41, 5.74) is 6.85. The lowest BCUT2D eigenvalue weighted by atomic mass is 10.0. The topological polar surface area (TPSA) is 76.9 Å². The molecule has 0 aliphatic carbocycles. The molecule has 0 spiro atoms. The Morgan fingerprint density at radius 2 is 2.33 bits per heavy atom. The van der Waals surface area contributed by atoms with Crippen molar-refractivity contribution in [2.24, 2.45) is 0 Å². The van der Waals surface area contributed by atoms with E-state index < -0.39 is 5.82 Å². The molecule has 2 heterocycles. The summed E-state index contributed by atoms with van der Waals surface area (Å²) in [5, 5.41) is 13.4. The van der Waals surface area contributed by atoms with Crippen molar-refractivity contribution in [3.8, 4) is 17.2 Å². The minimum absolute atomic E-state index is 0.162. The van der Waals surface area contributed by atoms with Gasteiger partial charge < -0.3 is 10.5 Å². The lowest BCUT2D eigenvalue weighted by Gasteiger charge is -2.22. The van der Waals surface area contributed by atoms with E-state index in [2.05, 4.69) is 5.10 Å². The molecule has 1 saturated heterocycles. The predicted octanol–water partition coefficient (Wildman–Crippen LogP) is 2.49. The third-order valence-electron chi connectivity index (χ3n) is 3.63. The van der Waals surface area contributed by atoms with E-state index in [4.69, 9.17) is 15.7 Å². The number of hydrogen-bond donors (Lipinski definition) is 1. The molecule has 5 nitrogen and oxygen atoms in total. The van der Waals surface area contributed by atoms with Gasteiger partial charge in [-0.1, -0.05) is 0 Å². The molecule has 6 heteroatoms. The zero-order chi connectivity index (χ0) is 14.8. The van der Waals surface area contributed by atoms with Crippen molar-refractivity contribution in [2.45, 2.75) is 18.9 Å². The fourth-order valence-electron chi connectivity index (χ4n) is 2.61. The van der Waals surface area contributed by atoms with Crippen LogP contribution in [0.3, 0.4) is 0 Å². The Morgan fingerprint density at radius 1 is 1.48 bits per heavy atom. The van der Waals surface area contributed by atoms with E-state index in [1.165, 1.54) is 12.1 Å². The molecule has 21 heavy (non-hydrogen) atoms. The highest BCUT2D eigenvalue weighted by Crippen LogP contribution is 2.30. The molecule has 1 unspecified atom stereocenters. The van der Waals surface area contributed by atoms with Crippen molar-refractivity contribution in [1.29, 1.82) is 5.26 Å². The second-order valence-electron chi connectivity index (χ2n) is 5.12. The Labute approximate surface area is 121 Å². The average molecular weight is 286 g/mol. The van der Waals surface area contributed by atoms with Crippen LogP contribution in [0, 0.1) is 17.1 Å². The maximum Gasteiger partial charge on any atom is 0.134 e. The smallest absolute Gasteiger partial charge is 0.134 e. The summed E-state index contributed by atoms with van der Waals surface area (Å²) in [7, 11) is 0. The normalized spacial score (nSPS) is 18.4. The van der Waals surface area contributed by atoms with Crippen molar-refractivity contribution in [2.75, 3.05) is 18.9 Å². The van der Waals surface area contributed by atoms with Gasteiger partial charge in [-0.15, -0.1) is 0 Å². The summed E-state index contributed by atoms with van der Waals surface area (Å²) < 4.78 is 21.4. The van der Waals surface area contributed by atoms with Crippen LogP contribution in [0.15, 0.2) is 24.5 Å². The third kappa shape index (κ3) is 2.60. The molecule has 1 aliphatic heterocycles. The van der Waals surface area contributed by atoms with Crippen LogP contribution in [0.5, 0.6) is 0 Å². The molecule has 1 atom stereocenters. The number of nitriles is 1. The number of ether oxygens (including phenoxy) is 1. The molecule has 1 fully saturated rings. The van der Waals surface area contributed by atoms with E-state index in [0.717, 1.165) is 19.4 Å². The van der Waals surface area contributed by atoms with Gasteiger partial charge in [0.1, 0.15) is 5.82 Å². The minimum Gasteiger partial charge on any atom is -0.399 e. The lowest BCUT2D eigenvalue weighted by Crippen LogP contribution is -2.21. The van der Waals surface area contributed by atoms with E-state index in [9.17, 15) is 4.39 Å². The number of aromatic nitrogens is 2. The van der Waals surface area contributed by atoms with Crippen LogP contribution in [0.2, 0.25) is 0 Å². The molecule has 108 valence electrons.